The van der Waals surface area contributed by atoms with Crippen molar-refractivity contribution >= 4 is 10.9 Å². The number of aromatic nitrogens is 2. The van der Waals surface area contributed by atoms with Gasteiger partial charge in [-0.3, -0.25) is 4.68 Å². The van der Waals surface area contributed by atoms with Crippen LogP contribution in [-0.2, 0) is 6.54 Å². The highest BCUT2D eigenvalue weighted by molar-refractivity contribution is 5.78. The van der Waals surface area contributed by atoms with Crippen LogP contribution in [0.25, 0.3) is 10.9 Å². The van der Waals surface area contributed by atoms with Gasteiger partial charge in [-0.1, -0.05) is 32.0 Å². The van der Waals surface area contributed by atoms with E-state index in [1.807, 2.05) is 23.0 Å². The monoisotopic (exact) mass is 247 g/mol. The summed E-state index contributed by atoms with van der Waals surface area (Å²) in [5.41, 5.74) is 1.15. The number of benzene rings is 1. The fourth-order valence-electron chi connectivity index (χ4n) is 2.18. The van der Waals surface area contributed by atoms with Crippen molar-refractivity contribution in [3.05, 3.63) is 30.5 Å². The third kappa shape index (κ3) is 3.09. The highest BCUT2D eigenvalue weighted by Crippen LogP contribution is 2.13. The number of hydrogen-bond acceptors (Lipinski definition) is 3. The Morgan fingerprint density at radius 2 is 2.11 bits per heavy atom. The topological polar surface area (TPSA) is 50.1 Å². The third-order valence-corrected chi connectivity index (χ3v) is 3.03. The van der Waals surface area contributed by atoms with Crippen molar-refractivity contribution in [2.24, 2.45) is 0 Å². The Morgan fingerprint density at radius 3 is 2.83 bits per heavy atom. The third-order valence-electron chi connectivity index (χ3n) is 3.03. The predicted molar refractivity (Wildman–Crippen MR) is 73.5 cm³/mol. The molecule has 2 aromatic rings. The summed E-state index contributed by atoms with van der Waals surface area (Å²) in [5, 5.41) is 18.2. The molecule has 0 saturated heterocycles. The number of nitrogens with zero attached hydrogens (tertiary/aromatic N) is 2. The Morgan fingerprint density at radius 1 is 1.33 bits per heavy atom. The first kappa shape index (κ1) is 13.1. The van der Waals surface area contributed by atoms with Crippen molar-refractivity contribution in [3.8, 4) is 0 Å². The van der Waals surface area contributed by atoms with Gasteiger partial charge < -0.3 is 10.4 Å². The van der Waals surface area contributed by atoms with Crippen molar-refractivity contribution in [1.82, 2.24) is 15.1 Å². The van der Waals surface area contributed by atoms with E-state index in [-0.39, 0.29) is 12.6 Å². The van der Waals surface area contributed by atoms with E-state index in [1.165, 1.54) is 0 Å². The summed E-state index contributed by atoms with van der Waals surface area (Å²) in [4.78, 5) is 0. The fourth-order valence-corrected chi connectivity index (χ4v) is 2.18. The van der Waals surface area contributed by atoms with Gasteiger partial charge in [0.25, 0.3) is 0 Å². The molecule has 0 aliphatic carbocycles. The standard InChI is InChI=1S/C14H21N3O/c1-11(2)16-13(10-18)7-8-17-14-6-4-3-5-12(14)9-15-17/h3-6,9,11,13,16,18H,7-8,10H2,1-2H3. The summed E-state index contributed by atoms with van der Waals surface area (Å²) in [5.74, 6) is 0. The van der Waals surface area contributed by atoms with Crippen LogP contribution >= 0.6 is 0 Å². The number of aryl methyl sites for hydroxylation is 1. The zero-order chi connectivity index (χ0) is 13.0. The second-order valence-corrected chi connectivity index (χ2v) is 4.92. The Hall–Kier alpha value is -1.39. The van der Waals surface area contributed by atoms with Gasteiger partial charge in [0.1, 0.15) is 0 Å². The maximum Gasteiger partial charge on any atom is 0.0682 e. The predicted octanol–water partition coefficient (Wildman–Crippen LogP) is 1.79. The molecule has 1 atom stereocenters. The molecule has 1 aromatic heterocycles. The lowest BCUT2D eigenvalue weighted by Gasteiger charge is -2.19. The molecule has 0 aliphatic heterocycles. The molecule has 0 fully saturated rings. The molecule has 2 rings (SSSR count). The van der Waals surface area contributed by atoms with Gasteiger partial charge in [-0.05, 0) is 12.5 Å². The molecule has 18 heavy (non-hydrogen) atoms. The van der Waals surface area contributed by atoms with Gasteiger partial charge in [0, 0.05) is 24.0 Å². The van der Waals surface area contributed by atoms with Gasteiger partial charge in [-0.25, -0.2) is 0 Å². The Labute approximate surface area is 108 Å². The van der Waals surface area contributed by atoms with Gasteiger partial charge in [0.05, 0.1) is 18.3 Å². The number of aliphatic hydroxyl groups is 1. The Balaban J connectivity index is 2.01. The quantitative estimate of drug-likeness (QED) is 0.818. The largest absolute Gasteiger partial charge is 0.395 e. The van der Waals surface area contributed by atoms with E-state index in [2.05, 4.69) is 36.4 Å². The molecule has 0 saturated carbocycles. The molecule has 4 heteroatoms. The molecule has 1 heterocycles. The number of aliphatic hydroxyl groups excluding tert-OH is 1. The molecular weight excluding hydrogens is 226 g/mol. The molecule has 2 N–H and O–H groups in total. The molecule has 0 aliphatic rings. The smallest absolute Gasteiger partial charge is 0.0682 e. The lowest BCUT2D eigenvalue weighted by atomic mass is 10.2. The summed E-state index contributed by atoms with van der Waals surface area (Å²) < 4.78 is 2.00. The normalized spacial score (nSPS) is 13.3. The van der Waals surface area contributed by atoms with Gasteiger partial charge in [0.15, 0.2) is 0 Å². The molecule has 0 radical (unpaired) electrons. The number of hydrogen-bond donors (Lipinski definition) is 2. The molecule has 0 amide bonds. The first-order chi connectivity index (χ1) is 8.70. The lowest BCUT2D eigenvalue weighted by molar-refractivity contribution is 0.223. The van der Waals surface area contributed by atoms with Crippen LogP contribution in [0.15, 0.2) is 30.5 Å². The van der Waals surface area contributed by atoms with Crippen LogP contribution in [0.2, 0.25) is 0 Å². The maximum atomic E-state index is 9.32. The van der Waals surface area contributed by atoms with Crippen molar-refractivity contribution in [1.29, 1.82) is 0 Å². The first-order valence-corrected chi connectivity index (χ1v) is 6.48. The van der Waals surface area contributed by atoms with E-state index in [0.717, 1.165) is 23.9 Å². The van der Waals surface area contributed by atoms with Crippen LogP contribution < -0.4 is 5.32 Å². The van der Waals surface area contributed by atoms with Crippen molar-refractivity contribution < 1.29 is 5.11 Å². The van der Waals surface area contributed by atoms with E-state index in [9.17, 15) is 5.11 Å². The Kier molecular flexibility index (Phi) is 4.33. The van der Waals surface area contributed by atoms with E-state index >= 15 is 0 Å². The van der Waals surface area contributed by atoms with E-state index in [4.69, 9.17) is 0 Å². The summed E-state index contributed by atoms with van der Waals surface area (Å²) in [6.07, 6.45) is 2.76. The van der Waals surface area contributed by atoms with Gasteiger partial charge in [-0.2, -0.15) is 5.10 Å². The minimum Gasteiger partial charge on any atom is -0.395 e. The number of fused-ring (bicyclic) bond motifs is 1. The zero-order valence-electron chi connectivity index (χ0n) is 11.0. The number of rotatable bonds is 6. The van der Waals surface area contributed by atoms with Crippen molar-refractivity contribution in [2.75, 3.05) is 6.61 Å². The maximum absolute atomic E-state index is 9.32. The van der Waals surface area contributed by atoms with Crippen LogP contribution in [0.5, 0.6) is 0 Å². The average Bonchev–Trinajstić information content (AvgIpc) is 2.77. The van der Waals surface area contributed by atoms with Crippen LogP contribution in [0.3, 0.4) is 0 Å². The molecule has 1 aromatic carbocycles. The molecular formula is C14H21N3O. The van der Waals surface area contributed by atoms with Gasteiger partial charge >= 0.3 is 0 Å². The summed E-state index contributed by atoms with van der Waals surface area (Å²) in [7, 11) is 0. The molecule has 98 valence electrons. The summed E-state index contributed by atoms with van der Waals surface area (Å²) in [6, 6.07) is 8.70. The highest BCUT2D eigenvalue weighted by Gasteiger charge is 2.09. The number of para-hydroxylation sites is 1. The van der Waals surface area contributed by atoms with Gasteiger partial charge in [0.2, 0.25) is 0 Å². The minimum atomic E-state index is 0.132. The molecule has 4 nitrogen and oxygen atoms in total. The fraction of sp³-hybridized carbons (Fsp3) is 0.500. The average molecular weight is 247 g/mol. The van der Waals surface area contributed by atoms with E-state index < -0.39 is 0 Å². The van der Waals surface area contributed by atoms with Crippen molar-refractivity contribution in [2.45, 2.75) is 38.9 Å². The zero-order valence-corrected chi connectivity index (χ0v) is 11.0. The molecule has 1 unspecified atom stereocenters. The first-order valence-electron chi connectivity index (χ1n) is 6.48. The van der Waals surface area contributed by atoms with E-state index in [1.54, 1.807) is 0 Å². The summed E-state index contributed by atoms with van der Waals surface area (Å²) in [6.45, 7) is 5.16. The second-order valence-electron chi connectivity index (χ2n) is 4.92. The van der Waals surface area contributed by atoms with E-state index in [0.29, 0.717) is 6.04 Å². The summed E-state index contributed by atoms with van der Waals surface area (Å²) >= 11 is 0. The lowest BCUT2D eigenvalue weighted by Crippen LogP contribution is -2.38. The van der Waals surface area contributed by atoms with Crippen LogP contribution in [0, 0.1) is 0 Å². The van der Waals surface area contributed by atoms with Crippen LogP contribution in [0.4, 0.5) is 0 Å². The van der Waals surface area contributed by atoms with Crippen molar-refractivity contribution in [3.63, 3.8) is 0 Å². The van der Waals surface area contributed by atoms with Crippen LogP contribution in [-0.4, -0.2) is 33.6 Å². The SMILES string of the molecule is CC(C)NC(CO)CCn1ncc2ccccc21. The minimum absolute atomic E-state index is 0.132. The molecule has 0 bridgehead atoms. The van der Waals surface area contributed by atoms with Crippen LogP contribution in [0.1, 0.15) is 20.3 Å². The molecule has 0 spiro atoms. The number of nitrogens with one attached hydrogen (secondary N) is 1. The van der Waals surface area contributed by atoms with Gasteiger partial charge in [-0.15, -0.1) is 0 Å². The second kappa shape index (κ2) is 5.98. The highest BCUT2D eigenvalue weighted by atomic mass is 16.3. The Bertz CT molecular complexity index is 492.